The van der Waals surface area contributed by atoms with Crippen LogP contribution >= 0.6 is 0 Å². The van der Waals surface area contributed by atoms with Crippen LogP contribution in [0.5, 0.6) is 23.0 Å². The van der Waals surface area contributed by atoms with Gasteiger partial charge in [-0.05, 0) is 77.4 Å². The second-order valence-electron chi connectivity index (χ2n) is 13.6. The highest BCUT2D eigenvalue weighted by Crippen LogP contribution is 2.53. The Labute approximate surface area is 338 Å². The summed E-state index contributed by atoms with van der Waals surface area (Å²) in [6.07, 6.45) is 1.34. The molecule has 0 saturated heterocycles. The molecule has 310 valence electrons. The summed E-state index contributed by atoms with van der Waals surface area (Å²) in [5.74, 6) is 2.86. The molecule has 0 aliphatic heterocycles. The lowest BCUT2D eigenvalue weighted by Gasteiger charge is -2.33. The van der Waals surface area contributed by atoms with Crippen LogP contribution in [0, 0.1) is 0 Å². The lowest BCUT2D eigenvalue weighted by molar-refractivity contribution is 0.0532. The number of rotatable bonds is 30. The summed E-state index contributed by atoms with van der Waals surface area (Å²) < 4.78 is 63.1. The number of hydrogen-bond acceptors (Lipinski definition) is 11. The lowest BCUT2D eigenvalue weighted by Crippen LogP contribution is -2.31. The van der Waals surface area contributed by atoms with Gasteiger partial charge in [-0.2, -0.15) is 0 Å². The van der Waals surface area contributed by atoms with Gasteiger partial charge in [0, 0.05) is 45.5 Å². The fourth-order valence-electron chi connectivity index (χ4n) is 7.11. The maximum Gasteiger partial charge on any atom is 0.123 e. The van der Waals surface area contributed by atoms with Gasteiger partial charge >= 0.3 is 0 Å². The summed E-state index contributed by atoms with van der Waals surface area (Å²) in [7, 11) is 4.98. The van der Waals surface area contributed by atoms with Crippen LogP contribution in [0.4, 0.5) is 0 Å². The first-order valence-corrected chi connectivity index (χ1v) is 19.9. The molecule has 4 aromatic carbocycles. The Bertz CT molecular complexity index is 1670. The fraction of sp³-hybridized carbons (Fsp3) is 0.478. The van der Waals surface area contributed by atoms with Crippen molar-refractivity contribution < 1.29 is 52.1 Å². The van der Waals surface area contributed by atoms with Gasteiger partial charge in [-0.15, -0.1) is 0 Å². The monoisotopic (exact) mass is 788 g/mol. The maximum absolute atomic E-state index is 6.28. The van der Waals surface area contributed by atoms with E-state index in [1.807, 2.05) is 19.1 Å². The predicted octanol–water partition coefficient (Wildman–Crippen LogP) is 6.98. The minimum atomic E-state index is -0.458. The van der Waals surface area contributed by atoms with Gasteiger partial charge in [0.05, 0.1) is 66.1 Å². The van der Waals surface area contributed by atoms with E-state index in [0.29, 0.717) is 123 Å². The Morgan fingerprint density at radius 1 is 0.386 bits per heavy atom. The molecule has 5 rings (SSSR count). The van der Waals surface area contributed by atoms with Gasteiger partial charge in [0.1, 0.15) is 49.4 Å². The first-order chi connectivity index (χ1) is 28.1. The molecule has 0 bridgehead atoms. The van der Waals surface area contributed by atoms with E-state index in [4.69, 9.17) is 52.1 Å². The topological polar surface area (TPSA) is 102 Å². The molecule has 0 saturated carbocycles. The molecule has 0 fully saturated rings. The van der Waals surface area contributed by atoms with Crippen LogP contribution < -0.4 is 18.9 Å². The fourth-order valence-corrected chi connectivity index (χ4v) is 7.11. The van der Waals surface area contributed by atoms with Crippen LogP contribution in [-0.4, -0.2) is 120 Å². The molecule has 1 aliphatic carbocycles. The van der Waals surface area contributed by atoms with Crippen molar-refractivity contribution in [3.63, 3.8) is 0 Å². The zero-order chi connectivity index (χ0) is 40.0. The molecule has 4 aromatic rings. The molecule has 0 N–H and O–H groups in total. The summed E-state index contributed by atoms with van der Waals surface area (Å²) in [4.78, 5) is 0. The Hall–Kier alpha value is -4.20. The summed E-state index contributed by atoms with van der Waals surface area (Å²) >= 11 is 0. The minimum Gasteiger partial charge on any atom is -0.491 e. The van der Waals surface area contributed by atoms with Crippen molar-refractivity contribution in [3.05, 3.63) is 107 Å². The van der Waals surface area contributed by atoms with Crippen LogP contribution in [0.3, 0.4) is 0 Å². The first kappa shape index (κ1) is 43.9. The van der Waals surface area contributed by atoms with Crippen molar-refractivity contribution >= 4 is 0 Å². The third-order valence-corrected chi connectivity index (χ3v) is 9.55. The highest BCUT2D eigenvalue weighted by molar-refractivity contribution is 5.81. The molecular formula is C46H60O11. The molecule has 11 heteroatoms. The van der Waals surface area contributed by atoms with Crippen LogP contribution in [0.2, 0.25) is 0 Å². The van der Waals surface area contributed by atoms with Gasteiger partial charge in [0.2, 0.25) is 0 Å². The molecule has 11 nitrogen and oxygen atoms in total. The number of fused-ring (bicyclic) bond motifs is 3. The average molecular weight is 789 g/mol. The van der Waals surface area contributed by atoms with Gasteiger partial charge < -0.3 is 52.1 Å². The minimum absolute atomic E-state index is 0.389. The molecule has 0 heterocycles. The van der Waals surface area contributed by atoms with Gasteiger partial charge in [-0.25, -0.2) is 0 Å². The molecule has 0 spiro atoms. The summed E-state index contributed by atoms with van der Waals surface area (Å²) in [5.41, 5.74) is 6.67. The zero-order valence-corrected chi connectivity index (χ0v) is 34.1. The molecule has 0 amide bonds. The van der Waals surface area contributed by atoms with Crippen LogP contribution in [0.15, 0.2) is 84.9 Å². The highest BCUT2D eigenvalue weighted by Gasteiger charge is 2.43. The average Bonchev–Trinajstić information content (AvgIpc) is 3.49. The van der Waals surface area contributed by atoms with E-state index in [0.717, 1.165) is 22.6 Å². The Balaban J connectivity index is 1.50. The molecule has 0 aromatic heterocycles. The second-order valence-corrected chi connectivity index (χ2v) is 13.6. The number of ether oxygens (including phenoxy) is 11. The smallest absolute Gasteiger partial charge is 0.123 e. The number of hydrogen-bond donors (Lipinski definition) is 0. The van der Waals surface area contributed by atoms with Crippen molar-refractivity contribution in [2.75, 3.05) is 120 Å². The van der Waals surface area contributed by atoms with E-state index >= 15 is 0 Å². The van der Waals surface area contributed by atoms with E-state index in [1.165, 1.54) is 22.3 Å². The third kappa shape index (κ3) is 13.4. The van der Waals surface area contributed by atoms with E-state index in [9.17, 15) is 0 Å². The summed E-state index contributed by atoms with van der Waals surface area (Å²) in [6.45, 7) is 9.15. The molecule has 0 unspecified atom stereocenters. The quantitative estimate of drug-likeness (QED) is 0.0512. The Kier molecular flexibility index (Phi) is 18.9. The normalized spacial score (nSPS) is 12.6. The van der Waals surface area contributed by atoms with Crippen LogP contribution in [0.25, 0.3) is 11.1 Å². The van der Waals surface area contributed by atoms with Crippen LogP contribution in [-0.2, 0) is 51.4 Å². The SMILES string of the molecule is CCOCCOc1cc(CC2(Cc3cc(OCCOCCOC)cc(OCCOCCOC)c3)c3ccccc3-c3ccccc32)cc(OCCOCCOC)c1. The molecule has 57 heavy (non-hydrogen) atoms. The van der Waals surface area contributed by atoms with Crippen molar-refractivity contribution in [3.8, 4) is 34.1 Å². The van der Waals surface area contributed by atoms with Gasteiger partial charge in [0.15, 0.2) is 0 Å². The van der Waals surface area contributed by atoms with Gasteiger partial charge in [-0.1, -0.05) is 48.5 Å². The summed E-state index contributed by atoms with van der Waals surface area (Å²) in [5, 5.41) is 0. The van der Waals surface area contributed by atoms with Gasteiger partial charge in [0.25, 0.3) is 0 Å². The first-order valence-electron chi connectivity index (χ1n) is 19.9. The van der Waals surface area contributed by atoms with Gasteiger partial charge in [-0.3, -0.25) is 0 Å². The number of benzene rings is 4. The van der Waals surface area contributed by atoms with E-state index in [-0.39, 0.29) is 0 Å². The highest BCUT2D eigenvalue weighted by atomic mass is 16.6. The molecule has 0 atom stereocenters. The zero-order valence-electron chi connectivity index (χ0n) is 34.1. The predicted molar refractivity (Wildman–Crippen MR) is 220 cm³/mol. The van der Waals surface area contributed by atoms with E-state index in [1.54, 1.807) is 21.3 Å². The number of methoxy groups -OCH3 is 3. The third-order valence-electron chi connectivity index (χ3n) is 9.55. The standard InChI is InChI=1S/C46H60O11/c1-5-50-20-24-54-38-28-36(29-39(32-38)55-25-21-51-17-14-47-2)34-46(44-12-8-6-10-42(44)43-11-7-9-13-45(43)46)35-37-30-40(56-26-22-52-18-15-48-3)33-41(31-37)57-27-23-53-19-16-49-4/h6-13,28-33H,5,14-27,34-35H2,1-4H3. The molecular weight excluding hydrogens is 728 g/mol. The van der Waals surface area contributed by atoms with Crippen LogP contribution in [0.1, 0.15) is 29.2 Å². The van der Waals surface area contributed by atoms with Crippen molar-refractivity contribution in [2.45, 2.75) is 25.2 Å². The second kappa shape index (κ2) is 24.5. The largest absolute Gasteiger partial charge is 0.491 e. The molecule has 1 aliphatic rings. The molecule has 0 radical (unpaired) electrons. The lowest BCUT2D eigenvalue weighted by atomic mass is 9.69. The van der Waals surface area contributed by atoms with Crippen molar-refractivity contribution in [1.82, 2.24) is 0 Å². The summed E-state index contributed by atoms with van der Waals surface area (Å²) in [6, 6.07) is 29.8. The Morgan fingerprint density at radius 2 is 0.719 bits per heavy atom. The van der Waals surface area contributed by atoms with E-state index < -0.39 is 5.41 Å². The van der Waals surface area contributed by atoms with E-state index in [2.05, 4.69) is 72.8 Å². The van der Waals surface area contributed by atoms with Crippen molar-refractivity contribution in [1.29, 1.82) is 0 Å². The van der Waals surface area contributed by atoms with Crippen molar-refractivity contribution in [2.24, 2.45) is 0 Å². The maximum atomic E-state index is 6.28. The Morgan fingerprint density at radius 3 is 1.07 bits per heavy atom.